The van der Waals surface area contributed by atoms with Crippen molar-refractivity contribution in [3.05, 3.63) is 60.2 Å². The zero-order chi connectivity index (χ0) is 17.8. The van der Waals surface area contributed by atoms with Gasteiger partial charge < -0.3 is 14.6 Å². The quantitative estimate of drug-likeness (QED) is 0.773. The van der Waals surface area contributed by atoms with Crippen LogP contribution in [0, 0.1) is 5.82 Å². The molecule has 1 aromatic heterocycles. The fraction of sp³-hybridized carbons (Fsp3) is 0.167. The summed E-state index contributed by atoms with van der Waals surface area (Å²) in [7, 11) is 1.44. The van der Waals surface area contributed by atoms with Crippen LogP contribution in [-0.2, 0) is 6.54 Å². The Bertz CT molecular complexity index is 908. The van der Waals surface area contributed by atoms with E-state index in [0.29, 0.717) is 17.3 Å². The summed E-state index contributed by atoms with van der Waals surface area (Å²) in [6.45, 7) is 2.72. The minimum absolute atomic E-state index is 0.0528. The van der Waals surface area contributed by atoms with Crippen molar-refractivity contribution in [2.75, 3.05) is 12.4 Å². The van der Waals surface area contributed by atoms with Gasteiger partial charge in [0.05, 0.1) is 12.7 Å². The zero-order valence-electron chi connectivity index (χ0n) is 13.9. The summed E-state index contributed by atoms with van der Waals surface area (Å²) in [6.07, 6.45) is 1.65. The third-order valence-electron chi connectivity index (χ3n) is 3.76. The molecule has 0 radical (unpaired) electrons. The van der Waals surface area contributed by atoms with E-state index in [1.54, 1.807) is 24.5 Å². The normalized spacial score (nSPS) is 10.5. The molecule has 0 aliphatic heterocycles. The van der Waals surface area contributed by atoms with Crippen molar-refractivity contribution in [3.8, 4) is 17.1 Å². The summed E-state index contributed by atoms with van der Waals surface area (Å²) in [6, 6.07) is 11.3. The van der Waals surface area contributed by atoms with E-state index in [0.717, 1.165) is 12.1 Å². The van der Waals surface area contributed by atoms with Crippen LogP contribution in [0.25, 0.3) is 11.4 Å². The number of nitrogens with zero attached hydrogens (tertiary/aromatic N) is 3. The number of aryl methyl sites for hydroxylation is 1. The smallest absolute Gasteiger partial charge is 0.258 e. The molecule has 0 unspecified atom stereocenters. The molecule has 128 valence electrons. The van der Waals surface area contributed by atoms with Crippen LogP contribution in [0.3, 0.4) is 0 Å². The van der Waals surface area contributed by atoms with Crippen molar-refractivity contribution in [2.45, 2.75) is 13.5 Å². The molecule has 0 bridgehead atoms. The van der Waals surface area contributed by atoms with Gasteiger partial charge in [-0.2, -0.15) is 0 Å². The monoisotopic (exact) mass is 340 g/mol. The molecule has 6 nitrogen and oxygen atoms in total. The van der Waals surface area contributed by atoms with E-state index in [1.165, 1.54) is 25.3 Å². The number of carbonyl (C=O) groups is 1. The first-order valence-corrected chi connectivity index (χ1v) is 7.75. The van der Waals surface area contributed by atoms with Gasteiger partial charge >= 0.3 is 0 Å². The largest absolute Gasteiger partial charge is 0.497 e. The standard InChI is InChI=1S/C18H17FN4O2/c1-3-23-11-20-22-17(23)12-5-4-6-13(9-12)21-18(24)15-8-7-14(25-2)10-16(15)19/h4-11H,3H2,1-2H3,(H,21,24). The number of hydrogen-bond acceptors (Lipinski definition) is 4. The van der Waals surface area contributed by atoms with Gasteiger partial charge in [0.1, 0.15) is 17.9 Å². The van der Waals surface area contributed by atoms with Gasteiger partial charge in [0.25, 0.3) is 5.91 Å². The second-order valence-corrected chi connectivity index (χ2v) is 5.32. The molecule has 1 heterocycles. The highest BCUT2D eigenvalue weighted by Crippen LogP contribution is 2.22. The van der Waals surface area contributed by atoms with Crippen molar-refractivity contribution in [2.24, 2.45) is 0 Å². The number of rotatable bonds is 5. The van der Waals surface area contributed by atoms with Gasteiger partial charge in [-0.1, -0.05) is 12.1 Å². The number of hydrogen-bond donors (Lipinski definition) is 1. The molecule has 1 N–H and O–H groups in total. The van der Waals surface area contributed by atoms with Crippen LogP contribution >= 0.6 is 0 Å². The number of amides is 1. The fourth-order valence-electron chi connectivity index (χ4n) is 2.45. The van der Waals surface area contributed by atoms with Crippen molar-refractivity contribution in [1.29, 1.82) is 0 Å². The van der Waals surface area contributed by atoms with Gasteiger partial charge in [0, 0.05) is 23.9 Å². The number of ether oxygens (including phenoxy) is 1. The first kappa shape index (κ1) is 16.6. The van der Waals surface area contributed by atoms with E-state index < -0.39 is 11.7 Å². The highest BCUT2D eigenvalue weighted by atomic mass is 19.1. The second-order valence-electron chi connectivity index (χ2n) is 5.32. The molecule has 1 amide bonds. The Balaban J connectivity index is 1.84. The van der Waals surface area contributed by atoms with Gasteiger partial charge in [-0.05, 0) is 31.2 Å². The summed E-state index contributed by atoms with van der Waals surface area (Å²) < 4.78 is 20.9. The lowest BCUT2D eigenvalue weighted by atomic mass is 10.1. The summed E-state index contributed by atoms with van der Waals surface area (Å²) >= 11 is 0. The first-order chi connectivity index (χ1) is 12.1. The second kappa shape index (κ2) is 7.12. The summed E-state index contributed by atoms with van der Waals surface area (Å²) in [5.74, 6) is -0.114. The molecule has 0 spiro atoms. The molecule has 0 atom stereocenters. The minimum Gasteiger partial charge on any atom is -0.497 e. The van der Waals surface area contributed by atoms with E-state index >= 15 is 0 Å². The van der Waals surface area contributed by atoms with Crippen molar-refractivity contribution in [1.82, 2.24) is 14.8 Å². The highest BCUT2D eigenvalue weighted by molar-refractivity contribution is 6.04. The predicted molar refractivity (Wildman–Crippen MR) is 92.0 cm³/mol. The Hall–Kier alpha value is -3.22. The van der Waals surface area contributed by atoms with Crippen LogP contribution in [-0.4, -0.2) is 27.8 Å². The lowest BCUT2D eigenvalue weighted by Crippen LogP contribution is -2.13. The van der Waals surface area contributed by atoms with Crippen LogP contribution in [0.1, 0.15) is 17.3 Å². The van der Waals surface area contributed by atoms with E-state index in [4.69, 9.17) is 4.74 Å². The lowest BCUT2D eigenvalue weighted by Gasteiger charge is -2.09. The van der Waals surface area contributed by atoms with E-state index in [-0.39, 0.29) is 5.56 Å². The summed E-state index contributed by atoms with van der Waals surface area (Å²) in [5, 5.41) is 10.7. The van der Waals surface area contributed by atoms with Crippen LogP contribution in [0.15, 0.2) is 48.8 Å². The number of carbonyl (C=O) groups excluding carboxylic acids is 1. The van der Waals surface area contributed by atoms with Gasteiger partial charge in [0.2, 0.25) is 0 Å². The Morgan fingerprint density at radius 3 is 2.84 bits per heavy atom. The van der Waals surface area contributed by atoms with E-state index in [1.807, 2.05) is 17.6 Å². The van der Waals surface area contributed by atoms with E-state index in [2.05, 4.69) is 15.5 Å². The lowest BCUT2D eigenvalue weighted by molar-refractivity contribution is 0.102. The Morgan fingerprint density at radius 1 is 1.28 bits per heavy atom. The molecule has 0 aliphatic rings. The van der Waals surface area contributed by atoms with Gasteiger partial charge in [-0.15, -0.1) is 10.2 Å². The van der Waals surface area contributed by atoms with Gasteiger partial charge in [-0.3, -0.25) is 4.79 Å². The first-order valence-electron chi connectivity index (χ1n) is 7.75. The molecule has 0 saturated heterocycles. The maximum absolute atomic E-state index is 14.0. The highest BCUT2D eigenvalue weighted by Gasteiger charge is 2.14. The zero-order valence-corrected chi connectivity index (χ0v) is 13.9. The molecule has 0 saturated carbocycles. The van der Waals surface area contributed by atoms with Crippen LogP contribution in [0.4, 0.5) is 10.1 Å². The summed E-state index contributed by atoms with van der Waals surface area (Å²) in [5.41, 5.74) is 1.30. The van der Waals surface area contributed by atoms with Crippen LogP contribution < -0.4 is 10.1 Å². The average Bonchev–Trinajstić information content (AvgIpc) is 3.10. The predicted octanol–water partition coefficient (Wildman–Crippen LogP) is 3.37. The molecule has 2 aromatic carbocycles. The van der Waals surface area contributed by atoms with Crippen molar-refractivity contribution in [3.63, 3.8) is 0 Å². The third-order valence-corrected chi connectivity index (χ3v) is 3.76. The molecular weight excluding hydrogens is 323 g/mol. The molecule has 0 fully saturated rings. The molecular formula is C18H17FN4O2. The minimum atomic E-state index is -0.640. The van der Waals surface area contributed by atoms with Gasteiger partial charge in [0.15, 0.2) is 5.82 Å². The van der Waals surface area contributed by atoms with Crippen LogP contribution in [0.5, 0.6) is 5.75 Å². The molecule has 25 heavy (non-hydrogen) atoms. The number of benzene rings is 2. The summed E-state index contributed by atoms with van der Waals surface area (Å²) in [4.78, 5) is 12.3. The Kier molecular flexibility index (Phi) is 4.74. The number of anilines is 1. The molecule has 7 heteroatoms. The maximum atomic E-state index is 14.0. The number of aromatic nitrogens is 3. The van der Waals surface area contributed by atoms with Crippen molar-refractivity contribution >= 4 is 11.6 Å². The Morgan fingerprint density at radius 2 is 2.12 bits per heavy atom. The fourth-order valence-corrected chi connectivity index (χ4v) is 2.45. The average molecular weight is 340 g/mol. The SMILES string of the molecule is CCn1cnnc1-c1cccc(NC(=O)c2ccc(OC)cc2F)c1. The molecule has 0 aliphatic carbocycles. The van der Waals surface area contributed by atoms with Gasteiger partial charge in [-0.25, -0.2) is 4.39 Å². The number of methoxy groups -OCH3 is 1. The van der Waals surface area contributed by atoms with E-state index in [9.17, 15) is 9.18 Å². The number of nitrogens with one attached hydrogen (secondary N) is 1. The topological polar surface area (TPSA) is 69.0 Å². The van der Waals surface area contributed by atoms with Crippen LogP contribution in [0.2, 0.25) is 0 Å². The maximum Gasteiger partial charge on any atom is 0.258 e. The Labute approximate surface area is 144 Å². The third kappa shape index (κ3) is 3.50. The van der Waals surface area contributed by atoms with Crippen molar-refractivity contribution < 1.29 is 13.9 Å². The molecule has 3 aromatic rings. The molecule has 3 rings (SSSR count). The number of halogens is 1.